The van der Waals surface area contributed by atoms with Crippen molar-refractivity contribution in [2.45, 2.75) is 63.8 Å². The summed E-state index contributed by atoms with van der Waals surface area (Å²) in [6.07, 6.45) is 0.257. The van der Waals surface area contributed by atoms with Gasteiger partial charge in [-0.05, 0) is 58.9 Å². The summed E-state index contributed by atoms with van der Waals surface area (Å²) < 4.78 is 20.2. The molecule has 56 heavy (non-hydrogen) atoms. The van der Waals surface area contributed by atoms with Gasteiger partial charge in [0.1, 0.15) is 6.04 Å². The van der Waals surface area contributed by atoms with E-state index in [0.29, 0.717) is 42.6 Å². The predicted molar refractivity (Wildman–Crippen MR) is 206 cm³/mol. The molecule has 6 N–H and O–H groups in total. The van der Waals surface area contributed by atoms with E-state index in [-0.39, 0.29) is 51.5 Å². The maximum absolute atomic E-state index is 13.1. The van der Waals surface area contributed by atoms with E-state index in [9.17, 15) is 24.0 Å². The van der Waals surface area contributed by atoms with Gasteiger partial charge in [-0.25, -0.2) is 14.4 Å². The Kier molecular flexibility index (Phi) is 16.8. The van der Waals surface area contributed by atoms with Gasteiger partial charge in [0.05, 0.1) is 26.7 Å². The Balaban J connectivity index is 1.28. The van der Waals surface area contributed by atoms with Gasteiger partial charge in [0, 0.05) is 50.1 Å². The monoisotopic (exact) mass is 765 g/mol. The van der Waals surface area contributed by atoms with Crippen molar-refractivity contribution in [1.29, 1.82) is 0 Å². The molecule has 0 saturated carbocycles. The molecule has 294 valence electrons. The van der Waals surface area contributed by atoms with E-state index in [2.05, 4.69) is 34.3 Å². The molecule has 1 aliphatic heterocycles. The molecule has 1 saturated heterocycles. The molecule has 3 amide bonds. The molecule has 1 fully saturated rings. The summed E-state index contributed by atoms with van der Waals surface area (Å²) in [5, 5.41) is 5.38. The van der Waals surface area contributed by atoms with Crippen molar-refractivity contribution >= 4 is 30.0 Å². The van der Waals surface area contributed by atoms with Crippen LogP contribution >= 0.6 is 0 Å². The molecule has 0 bridgehead atoms. The van der Waals surface area contributed by atoms with Crippen molar-refractivity contribution in [2.75, 3.05) is 34.0 Å². The van der Waals surface area contributed by atoms with Crippen LogP contribution in [0.2, 0.25) is 0 Å². The van der Waals surface area contributed by atoms with Crippen molar-refractivity contribution < 1.29 is 42.9 Å². The first kappa shape index (κ1) is 42.4. The first-order valence-electron chi connectivity index (χ1n) is 18.1. The minimum atomic E-state index is -0.829. The highest BCUT2D eigenvalue weighted by atomic mass is 16.6. The Morgan fingerprint density at radius 2 is 1.41 bits per heavy atom. The second-order valence-corrected chi connectivity index (χ2v) is 12.8. The quantitative estimate of drug-likeness (QED) is 0.107. The minimum Gasteiger partial charge on any atom is -0.469 e. The number of carbonyl (C=O) groups is 5. The molecular weight excluding hydrogens is 718 g/mol. The highest BCUT2D eigenvalue weighted by Gasteiger charge is 2.40. The zero-order valence-corrected chi connectivity index (χ0v) is 31.6. The molecule has 2 atom stereocenters. The van der Waals surface area contributed by atoms with Gasteiger partial charge >= 0.3 is 24.1 Å². The highest BCUT2D eigenvalue weighted by molar-refractivity contribution is 5.85. The number of amides is 3. The van der Waals surface area contributed by atoms with Crippen LogP contribution in [-0.4, -0.2) is 81.0 Å². The van der Waals surface area contributed by atoms with E-state index in [1.54, 1.807) is 18.2 Å². The number of benzene rings is 3. The Hall–Kier alpha value is -6.35. The molecule has 14 nitrogen and oxygen atoms in total. The van der Waals surface area contributed by atoms with E-state index in [4.69, 9.17) is 30.4 Å². The van der Waals surface area contributed by atoms with Crippen molar-refractivity contribution in [3.05, 3.63) is 106 Å². The Morgan fingerprint density at radius 1 is 0.768 bits per heavy atom. The van der Waals surface area contributed by atoms with Crippen LogP contribution in [0.3, 0.4) is 0 Å². The third kappa shape index (κ3) is 13.8. The van der Waals surface area contributed by atoms with E-state index in [0.717, 1.165) is 22.3 Å². The van der Waals surface area contributed by atoms with E-state index < -0.39 is 36.2 Å². The number of hydrogen-bond donors (Lipinski definition) is 4. The summed E-state index contributed by atoms with van der Waals surface area (Å²) in [5.74, 6) is 10.2. The van der Waals surface area contributed by atoms with Crippen molar-refractivity contribution in [3.8, 4) is 23.7 Å². The number of nitrogens with one attached hydrogen (secondary N) is 2. The summed E-state index contributed by atoms with van der Waals surface area (Å²) in [4.78, 5) is 63.9. The average molecular weight is 766 g/mol. The number of likely N-dealkylation sites (tertiary alicyclic amines) is 1. The van der Waals surface area contributed by atoms with Gasteiger partial charge in [-0.2, -0.15) is 0 Å². The van der Waals surface area contributed by atoms with Gasteiger partial charge in [0.25, 0.3) is 0 Å². The van der Waals surface area contributed by atoms with Gasteiger partial charge in [-0.3, -0.25) is 9.59 Å². The number of rotatable bonds is 14. The molecule has 1 aliphatic rings. The molecule has 0 radical (unpaired) electrons. The van der Waals surface area contributed by atoms with Crippen molar-refractivity contribution in [3.63, 3.8) is 0 Å². The molecule has 3 aromatic carbocycles. The molecule has 14 heteroatoms. The average Bonchev–Trinajstić information content (AvgIpc) is 3.64. The van der Waals surface area contributed by atoms with Gasteiger partial charge in [-0.15, -0.1) is 0 Å². The second kappa shape index (κ2) is 22.1. The van der Waals surface area contributed by atoms with Crippen LogP contribution in [-0.2, 0) is 65.8 Å². The summed E-state index contributed by atoms with van der Waals surface area (Å²) in [6.45, 7) is 0.800. The number of alkyl carbamates (subject to hydrolysis) is 2. The van der Waals surface area contributed by atoms with Crippen molar-refractivity contribution in [1.82, 2.24) is 15.5 Å². The second-order valence-electron chi connectivity index (χ2n) is 12.8. The maximum atomic E-state index is 13.1. The fourth-order valence-corrected chi connectivity index (χ4v) is 5.96. The van der Waals surface area contributed by atoms with Crippen LogP contribution in [0.5, 0.6) is 0 Å². The topological polar surface area (TPSA) is 202 Å². The third-order valence-corrected chi connectivity index (χ3v) is 8.78. The van der Waals surface area contributed by atoms with Gasteiger partial charge in [0.2, 0.25) is 5.91 Å². The number of nitrogens with two attached hydrogens (primary N) is 2. The number of aryl methyl sites for hydroxylation is 1. The molecule has 0 spiro atoms. The highest BCUT2D eigenvalue weighted by Crippen LogP contribution is 2.22. The number of nitrogens with zero attached hydrogens (tertiary/aromatic N) is 1. The first-order chi connectivity index (χ1) is 27.1. The third-order valence-electron chi connectivity index (χ3n) is 8.78. The Morgan fingerprint density at radius 3 is 2.05 bits per heavy atom. The molecule has 0 aromatic heterocycles. The van der Waals surface area contributed by atoms with Crippen LogP contribution in [0.4, 0.5) is 9.59 Å². The largest absolute Gasteiger partial charge is 0.469 e. The zero-order valence-electron chi connectivity index (χ0n) is 31.6. The van der Waals surface area contributed by atoms with Crippen LogP contribution < -0.4 is 22.1 Å². The van der Waals surface area contributed by atoms with Crippen LogP contribution in [0.15, 0.2) is 66.7 Å². The lowest BCUT2D eigenvalue weighted by Crippen LogP contribution is -2.42. The SMILES string of the molecule is COC(=O)Cc1cc(C#CCOC(=O)NCc2cccc(CN)c2)cc(C#CCOC(=O)NC2CC(C(=O)OC)N(C(=O)CCCc3ccc(CN)cc3)C2)c1. The summed E-state index contributed by atoms with van der Waals surface area (Å²) >= 11 is 0. The lowest BCUT2D eigenvalue weighted by Gasteiger charge is -2.22. The van der Waals surface area contributed by atoms with E-state index >= 15 is 0 Å². The number of carbonyl (C=O) groups excluding carboxylic acids is 5. The standard InChI is InChI=1S/C42H47N5O9/c1-53-39(49)23-35-20-31(10-5-17-55-41(51)45-27-34-9-3-8-33(22-34)26-44)19-32(21-35)11-6-18-56-42(52)46-36-24-37(40(50)54-2)47(28-36)38(48)12-4-7-29-13-15-30(25-43)16-14-29/h3,8-9,13-16,19-22,36-37H,4,7,12,17-18,23-28,43-44H2,1-2H3,(H,45,51)(H,46,52). The van der Waals surface area contributed by atoms with Gasteiger partial charge in [-0.1, -0.05) is 72.2 Å². The van der Waals surface area contributed by atoms with Gasteiger partial charge in [0.15, 0.2) is 13.2 Å². The Bertz CT molecular complexity index is 1980. The molecule has 2 unspecified atom stereocenters. The molecule has 3 aromatic rings. The number of ether oxygens (including phenoxy) is 4. The van der Waals surface area contributed by atoms with Crippen LogP contribution in [0, 0.1) is 23.7 Å². The lowest BCUT2D eigenvalue weighted by atomic mass is 10.0. The summed E-state index contributed by atoms with van der Waals surface area (Å²) in [7, 11) is 2.54. The fourth-order valence-electron chi connectivity index (χ4n) is 5.96. The molecule has 4 rings (SSSR count). The lowest BCUT2D eigenvalue weighted by molar-refractivity contribution is -0.151. The summed E-state index contributed by atoms with van der Waals surface area (Å²) in [6, 6.07) is 19.1. The zero-order chi connectivity index (χ0) is 40.3. The first-order valence-corrected chi connectivity index (χ1v) is 18.1. The van der Waals surface area contributed by atoms with E-state index in [1.165, 1.54) is 19.1 Å². The van der Waals surface area contributed by atoms with Crippen molar-refractivity contribution in [2.24, 2.45) is 11.5 Å². The molecule has 0 aliphatic carbocycles. The van der Waals surface area contributed by atoms with E-state index in [1.807, 2.05) is 48.5 Å². The fraction of sp³-hybridized carbons (Fsp3) is 0.357. The normalized spacial score (nSPS) is 14.2. The van der Waals surface area contributed by atoms with Crippen LogP contribution in [0.25, 0.3) is 0 Å². The Labute approximate surface area is 326 Å². The van der Waals surface area contributed by atoms with Gasteiger partial charge < -0.3 is 45.9 Å². The minimum absolute atomic E-state index is 0.0274. The number of esters is 2. The molecular formula is C42H47N5O9. The smallest absolute Gasteiger partial charge is 0.408 e. The molecule has 1 heterocycles. The predicted octanol–water partition coefficient (Wildman–Crippen LogP) is 2.84. The maximum Gasteiger partial charge on any atom is 0.408 e. The number of hydrogen-bond acceptors (Lipinski definition) is 11. The summed E-state index contributed by atoms with van der Waals surface area (Å²) in [5.41, 5.74) is 16.9. The van der Waals surface area contributed by atoms with Crippen LogP contribution in [0.1, 0.15) is 58.2 Å². The number of methoxy groups -OCH3 is 2.